The fourth-order valence-electron chi connectivity index (χ4n) is 2.46. The highest BCUT2D eigenvalue weighted by atomic mass is 19.1. The minimum Gasteiger partial charge on any atom is -0.494 e. The quantitative estimate of drug-likeness (QED) is 0.806. The smallest absolute Gasteiger partial charge is 0.165 e. The summed E-state index contributed by atoms with van der Waals surface area (Å²) in [4.78, 5) is 11.3. The molecule has 1 aromatic rings. The first-order valence-electron chi connectivity index (χ1n) is 6.03. The number of hydrogen-bond donors (Lipinski definition) is 0. The van der Waals surface area contributed by atoms with Crippen molar-refractivity contribution in [3.05, 3.63) is 29.6 Å². The van der Waals surface area contributed by atoms with Crippen LogP contribution in [0.15, 0.2) is 18.2 Å². The number of halogens is 1. The second-order valence-electron chi connectivity index (χ2n) is 4.67. The van der Waals surface area contributed by atoms with Crippen molar-refractivity contribution in [1.29, 1.82) is 0 Å². The van der Waals surface area contributed by atoms with Crippen LogP contribution >= 0.6 is 0 Å². The number of Topliss-reactive ketones (excluding diaryl/α,β-unsaturated/α-hetero) is 1. The Morgan fingerprint density at radius 2 is 2.29 bits per heavy atom. The monoisotopic (exact) mass is 236 g/mol. The molecule has 0 radical (unpaired) electrons. The number of ketones is 1. The summed E-state index contributed by atoms with van der Waals surface area (Å²) < 4.78 is 18.4. The van der Waals surface area contributed by atoms with Crippen molar-refractivity contribution < 1.29 is 13.9 Å². The van der Waals surface area contributed by atoms with E-state index in [-0.39, 0.29) is 11.6 Å². The predicted octanol–water partition coefficient (Wildman–Crippen LogP) is 3.14. The van der Waals surface area contributed by atoms with Gasteiger partial charge in [0.05, 0.1) is 7.11 Å². The lowest BCUT2D eigenvalue weighted by Crippen LogP contribution is -2.16. The third kappa shape index (κ3) is 3.05. The number of hydrogen-bond acceptors (Lipinski definition) is 2. The molecule has 0 aromatic heterocycles. The van der Waals surface area contributed by atoms with Gasteiger partial charge in [-0.1, -0.05) is 6.07 Å². The van der Waals surface area contributed by atoms with Crippen molar-refractivity contribution in [2.45, 2.75) is 32.1 Å². The van der Waals surface area contributed by atoms with Gasteiger partial charge in [-0.2, -0.15) is 0 Å². The fraction of sp³-hybridized carbons (Fsp3) is 0.500. The van der Waals surface area contributed by atoms with E-state index in [1.54, 1.807) is 6.07 Å². The highest BCUT2D eigenvalue weighted by Crippen LogP contribution is 2.26. The number of ether oxygens (including phenoxy) is 1. The maximum absolute atomic E-state index is 13.5. The third-order valence-corrected chi connectivity index (χ3v) is 3.32. The summed E-state index contributed by atoms with van der Waals surface area (Å²) in [6, 6.07) is 5.04. The zero-order chi connectivity index (χ0) is 12.3. The molecule has 1 aromatic carbocycles. The maximum atomic E-state index is 13.5. The molecule has 1 saturated carbocycles. The molecule has 1 aliphatic rings. The highest BCUT2D eigenvalue weighted by Gasteiger charge is 2.20. The second-order valence-corrected chi connectivity index (χ2v) is 4.67. The molecular formula is C14H17FO2. The van der Waals surface area contributed by atoms with Crippen molar-refractivity contribution in [1.82, 2.24) is 0 Å². The molecule has 0 heterocycles. The summed E-state index contributed by atoms with van der Waals surface area (Å²) in [7, 11) is 1.46. The summed E-state index contributed by atoms with van der Waals surface area (Å²) >= 11 is 0. The average Bonchev–Trinajstić information content (AvgIpc) is 2.29. The van der Waals surface area contributed by atoms with Gasteiger partial charge in [-0.25, -0.2) is 4.39 Å². The van der Waals surface area contributed by atoms with E-state index in [0.717, 1.165) is 24.8 Å². The molecule has 3 heteroatoms. The van der Waals surface area contributed by atoms with Gasteiger partial charge in [0, 0.05) is 12.8 Å². The van der Waals surface area contributed by atoms with Gasteiger partial charge >= 0.3 is 0 Å². The number of rotatable bonds is 3. The Kier molecular flexibility index (Phi) is 3.77. The van der Waals surface area contributed by atoms with Gasteiger partial charge in [0.2, 0.25) is 0 Å². The largest absolute Gasteiger partial charge is 0.494 e. The Hall–Kier alpha value is -1.38. The topological polar surface area (TPSA) is 26.3 Å². The summed E-state index contributed by atoms with van der Waals surface area (Å²) in [5.41, 5.74) is 0.947. The van der Waals surface area contributed by atoms with E-state index in [2.05, 4.69) is 0 Å². The Balaban J connectivity index is 2.03. The molecule has 0 amide bonds. The zero-order valence-electron chi connectivity index (χ0n) is 10.0. The minimum atomic E-state index is -0.327. The van der Waals surface area contributed by atoms with Gasteiger partial charge in [0.1, 0.15) is 5.78 Å². The van der Waals surface area contributed by atoms with E-state index in [4.69, 9.17) is 4.74 Å². The lowest BCUT2D eigenvalue weighted by Gasteiger charge is -2.20. The van der Waals surface area contributed by atoms with Crippen LogP contribution < -0.4 is 4.74 Å². The number of benzene rings is 1. The Morgan fingerprint density at radius 1 is 1.47 bits per heavy atom. The summed E-state index contributed by atoms with van der Waals surface area (Å²) in [5, 5.41) is 0. The summed E-state index contributed by atoms with van der Waals surface area (Å²) in [6.45, 7) is 0. The lowest BCUT2D eigenvalue weighted by molar-refractivity contribution is -0.121. The molecule has 1 unspecified atom stereocenters. The molecule has 92 valence electrons. The first-order valence-corrected chi connectivity index (χ1v) is 6.03. The van der Waals surface area contributed by atoms with Crippen molar-refractivity contribution in [3.8, 4) is 5.75 Å². The van der Waals surface area contributed by atoms with Crippen LogP contribution in [-0.4, -0.2) is 12.9 Å². The average molecular weight is 236 g/mol. The Morgan fingerprint density at radius 3 is 2.94 bits per heavy atom. The van der Waals surface area contributed by atoms with Crippen molar-refractivity contribution in [2.75, 3.05) is 7.11 Å². The second kappa shape index (κ2) is 5.30. The van der Waals surface area contributed by atoms with E-state index in [1.165, 1.54) is 13.2 Å². The Labute approximate surface area is 101 Å². The van der Waals surface area contributed by atoms with Gasteiger partial charge in [0.15, 0.2) is 11.6 Å². The van der Waals surface area contributed by atoms with Crippen LogP contribution in [0.1, 0.15) is 31.2 Å². The maximum Gasteiger partial charge on any atom is 0.165 e. The van der Waals surface area contributed by atoms with Crippen molar-refractivity contribution in [2.24, 2.45) is 5.92 Å². The van der Waals surface area contributed by atoms with Gasteiger partial charge < -0.3 is 4.74 Å². The van der Waals surface area contributed by atoms with Crippen LogP contribution in [0.5, 0.6) is 5.75 Å². The molecule has 0 aliphatic heterocycles. The van der Waals surface area contributed by atoms with E-state index < -0.39 is 0 Å². The van der Waals surface area contributed by atoms with Gasteiger partial charge in [-0.05, 0) is 42.9 Å². The van der Waals surface area contributed by atoms with E-state index in [1.807, 2.05) is 6.07 Å². The van der Waals surface area contributed by atoms with Crippen molar-refractivity contribution >= 4 is 5.78 Å². The molecule has 2 nitrogen and oxygen atoms in total. The van der Waals surface area contributed by atoms with Crippen LogP contribution in [0, 0.1) is 11.7 Å². The molecule has 17 heavy (non-hydrogen) atoms. The normalized spacial score (nSPS) is 20.4. The lowest BCUT2D eigenvalue weighted by atomic mass is 9.84. The van der Waals surface area contributed by atoms with Gasteiger partial charge in [-0.3, -0.25) is 4.79 Å². The molecule has 1 fully saturated rings. The number of carbonyl (C=O) groups is 1. The van der Waals surface area contributed by atoms with Crippen LogP contribution in [0.2, 0.25) is 0 Å². The SMILES string of the molecule is COc1ccc(CC2CCCC(=O)C2)cc1F. The Bertz CT molecular complexity index is 415. The van der Waals surface area contributed by atoms with Crippen LogP contribution in [-0.2, 0) is 11.2 Å². The highest BCUT2D eigenvalue weighted by molar-refractivity contribution is 5.79. The van der Waals surface area contributed by atoms with Crippen molar-refractivity contribution in [3.63, 3.8) is 0 Å². The predicted molar refractivity (Wildman–Crippen MR) is 63.6 cm³/mol. The zero-order valence-corrected chi connectivity index (χ0v) is 10.0. The number of carbonyl (C=O) groups excluding carboxylic acids is 1. The van der Waals surface area contributed by atoms with E-state index in [0.29, 0.717) is 24.5 Å². The van der Waals surface area contributed by atoms with Crippen LogP contribution in [0.3, 0.4) is 0 Å². The van der Waals surface area contributed by atoms with Crippen LogP contribution in [0.25, 0.3) is 0 Å². The standard InChI is InChI=1S/C14H17FO2/c1-17-14-6-5-11(9-13(14)15)7-10-3-2-4-12(16)8-10/h5-6,9-10H,2-4,7-8H2,1H3. The fourth-order valence-corrected chi connectivity index (χ4v) is 2.46. The van der Waals surface area contributed by atoms with E-state index >= 15 is 0 Å². The molecule has 2 rings (SSSR count). The van der Waals surface area contributed by atoms with Crippen LogP contribution in [0.4, 0.5) is 4.39 Å². The molecule has 0 saturated heterocycles. The summed E-state index contributed by atoms with van der Waals surface area (Å²) in [6.07, 6.45) is 4.19. The molecular weight excluding hydrogens is 219 g/mol. The van der Waals surface area contributed by atoms with Gasteiger partial charge in [0.25, 0.3) is 0 Å². The first-order chi connectivity index (χ1) is 8.19. The molecule has 0 N–H and O–H groups in total. The first kappa shape index (κ1) is 12.1. The van der Waals surface area contributed by atoms with Gasteiger partial charge in [-0.15, -0.1) is 0 Å². The third-order valence-electron chi connectivity index (χ3n) is 3.32. The molecule has 1 atom stereocenters. The minimum absolute atomic E-state index is 0.272. The van der Waals surface area contributed by atoms with E-state index in [9.17, 15) is 9.18 Å². The number of methoxy groups -OCH3 is 1. The molecule has 0 spiro atoms. The summed E-state index contributed by atoms with van der Waals surface area (Å²) in [5.74, 6) is 0.667. The molecule has 1 aliphatic carbocycles. The molecule has 0 bridgehead atoms.